The fraction of sp³-hybridized carbons (Fsp3) is 0.294. The minimum absolute atomic E-state index is 0.00795. The summed E-state index contributed by atoms with van der Waals surface area (Å²) < 4.78 is 38.2. The van der Waals surface area contributed by atoms with Gasteiger partial charge in [0.1, 0.15) is 5.69 Å². The third-order valence-electron chi connectivity index (χ3n) is 3.80. The predicted molar refractivity (Wildman–Crippen MR) is 91.4 cm³/mol. The SMILES string of the molecule is CCN(CC)c1ccc(Nc2ccc(C(F)(F)F)cc2[N+](=O)[O-])cc1. The van der Waals surface area contributed by atoms with Crippen molar-refractivity contribution in [3.8, 4) is 0 Å². The minimum Gasteiger partial charge on any atom is -0.372 e. The Bertz CT molecular complexity index is 742. The highest BCUT2D eigenvalue weighted by molar-refractivity contribution is 5.71. The van der Waals surface area contributed by atoms with Gasteiger partial charge in [-0.05, 0) is 50.2 Å². The fourth-order valence-electron chi connectivity index (χ4n) is 2.46. The zero-order valence-corrected chi connectivity index (χ0v) is 13.8. The highest BCUT2D eigenvalue weighted by Gasteiger charge is 2.33. The Morgan fingerprint density at radius 1 is 1.08 bits per heavy atom. The topological polar surface area (TPSA) is 58.4 Å². The first-order valence-corrected chi connectivity index (χ1v) is 7.74. The van der Waals surface area contributed by atoms with Crippen LogP contribution in [0, 0.1) is 10.1 Å². The van der Waals surface area contributed by atoms with E-state index in [1.807, 2.05) is 26.0 Å². The average molecular weight is 353 g/mol. The molecule has 134 valence electrons. The van der Waals surface area contributed by atoms with Gasteiger partial charge in [-0.3, -0.25) is 10.1 Å². The van der Waals surface area contributed by atoms with E-state index in [1.54, 1.807) is 12.1 Å². The zero-order valence-electron chi connectivity index (χ0n) is 13.8. The second kappa shape index (κ2) is 7.42. The summed E-state index contributed by atoms with van der Waals surface area (Å²) in [6, 6.07) is 9.59. The minimum atomic E-state index is -4.63. The Morgan fingerprint density at radius 3 is 2.16 bits per heavy atom. The molecule has 2 aromatic carbocycles. The molecule has 0 heterocycles. The molecule has 5 nitrogen and oxygen atoms in total. The summed E-state index contributed by atoms with van der Waals surface area (Å²) in [7, 11) is 0. The smallest absolute Gasteiger partial charge is 0.372 e. The van der Waals surface area contributed by atoms with Crippen molar-refractivity contribution in [1.82, 2.24) is 0 Å². The molecule has 0 aliphatic heterocycles. The van der Waals surface area contributed by atoms with Crippen LogP contribution in [0.25, 0.3) is 0 Å². The van der Waals surface area contributed by atoms with Crippen LogP contribution in [0.1, 0.15) is 19.4 Å². The van der Waals surface area contributed by atoms with E-state index >= 15 is 0 Å². The van der Waals surface area contributed by atoms with Gasteiger partial charge < -0.3 is 10.2 Å². The van der Waals surface area contributed by atoms with Crippen molar-refractivity contribution < 1.29 is 18.1 Å². The summed E-state index contributed by atoms with van der Waals surface area (Å²) in [5, 5.41) is 13.9. The van der Waals surface area contributed by atoms with Crippen molar-refractivity contribution in [1.29, 1.82) is 0 Å². The number of nitro groups is 1. The summed E-state index contributed by atoms with van der Waals surface area (Å²) in [6.07, 6.45) is -4.63. The molecule has 0 aliphatic rings. The molecule has 0 saturated heterocycles. The van der Waals surface area contributed by atoms with Crippen LogP contribution in [-0.2, 0) is 6.18 Å². The van der Waals surface area contributed by atoms with Crippen molar-refractivity contribution in [2.75, 3.05) is 23.3 Å². The predicted octanol–water partition coefficient (Wildman–Crippen LogP) is 5.20. The molecule has 0 radical (unpaired) electrons. The highest BCUT2D eigenvalue weighted by Crippen LogP contribution is 2.36. The molecular weight excluding hydrogens is 335 g/mol. The molecule has 0 atom stereocenters. The first-order valence-electron chi connectivity index (χ1n) is 7.74. The molecule has 0 saturated carbocycles. The molecule has 0 aliphatic carbocycles. The van der Waals surface area contributed by atoms with Crippen LogP contribution in [0.5, 0.6) is 0 Å². The van der Waals surface area contributed by atoms with Crippen molar-refractivity contribution >= 4 is 22.7 Å². The molecule has 2 aromatic rings. The van der Waals surface area contributed by atoms with E-state index in [0.29, 0.717) is 11.8 Å². The van der Waals surface area contributed by atoms with Gasteiger partial charge in [0.15, 0.2) is 0 Å². The summed E-state index contributed by atoms with van der Waals surface area (Å²) in [5.41, 5.74) is -0.117. The lowest BCUT2D eigenvalue weighted by atomic mass is 10.1. The zero-order chi connectivity index (χ0) is 18.6. The number of benzene rings is 2. The van der Waals surface area contributed by atoms with Gasteiger partial charge in [0.25, 0.3) is 5.69 Å². The first kappa shape index (κ1) is 18.6. The second-order valence-electron chi connectivity index (χ2n) is 5.33. The quantitative estimate of drug-likeness (QED) is 0.572. The molecule has 1 N–H and O–H groups in total. The van der Waals surface area contributed by atoms with Crippen LogP contribution in [0.3, 0.4) is 0 Å². The van der Waals surface area contributed by atoms with E-state index in [1.165, 1.54) is 0 Å². The number of alkyl halides is 3. The van der Waals surface area contributed by atoms with E-state index in [2.05, 4.69) is 10.2 Å². The third-order valence-corrected chi connectivity index (χ3v) is 3.80. The van der Waals surface area contributed by atoms with E-state index in [0.717, 1.165) is 30.9 Å². The van der Waals surface area contributed by atoms with E-state index < -0.39 is 22.4 Å². The molecule has 8 heteroatoms. The Kier molecular flexibility index (Phi) is 5.51. The lowest BCUT2D eigenvalue weighted by molar-refractivity contribution is -0.384. The van der Waals surface area contributed by atoms with Crippen LogP contribution in [0.15, 0.2) is 42.5 Å². The maximum absolute atomic E-state index is 12.7. The van der Waals surface area contributed by atoms with Gasteiger partial charge >= 0.3 is 6.18 Å². The number of hydrogen-bond donors (Lipinski definition) is 1. The fourth-order valence-corrected chi connectivity index (χ4v) is 2.46. The molecule has 0 amide bonds. The maximum Gasteiger partial charge on any atom is 0.416 e. The lowest BCUT2D eigenvalue weighted by Gasteiger charge is -2.21. The standard InChI is InChI=1S/C17H18F3N3O2/c1-3-22(4-2)14-8-6-13(7-9-14)21-15-10-5-12(17(18,19)20)11-16(15)23(24)25/h5-11,21H,3-4H2,1-2H3. The number of anilines is 3. The number of hydrogen-bond acceptors (Lipinski definition) is 4. The Balaban J connectivity index is 2.29. The van der Waals surface area contributed by atoms with E-state index in [-0.39, 0.29) is 5.69 Å². The third kappa shape index (κ3) is 4.40. The molecule has 0 bridgehead atoms. The number of nitro benzene ring substituents is 1. The van der Waals surface area contributed by atoms with Gasteiger partial charge in [-0.1, -0.05) is 0 Å². The normalized spacial score (nSPS) is 11.2. The summed E-state index contributed by atoms with van der Waals surface area (Å²) in [6.45, 7) is 5.74. The maximum atomic E-state index is 12.7. The average Bonchev–Trinajstić information content (AvgIpc) is 2.56. The van der Waals surface area contributed by atoms with Crippen LogP contribution >= 0.6 is 0 Å². The van der Waals surface area contributed by atoms with Gasteiger partial charge in [0, 0.05) is 30.5 Å². The largest absolute Gasteiger partial charge is 0.416 e. The van der Waals surface area contributed by atoms with E-state index in [4.69, 9.17) is 0 Å². The molecule has 0 spiro atoms. The van der Waals surface area contributed by atoms with Gasteiger partial charge in [-0.15, -0.1) is 0 Å². The van der Waals surface area contributed by atoms with Crippen LogP contribution < -0.4 is 10.2 Å². The molecular formula is C17H18F3N3O2. The Labute approximate surface area is 143 Å². The van der Waals surface area contributed by atoms with Crippen LogP contribution in [-0.4, -0.2) is 18.0 Å². The van der Waals surface area contributed by atoms with Crippen molar-refractivity contribution in [2.45, 2.75) is 20.0 Å². The molecule has 0 fully saturated rings. The first-order chi connectivity index (χ1) is 11.8. The van der Waals surface area contributed by atoms with Gasteiger partial charge in [0.2, 0.25) is 0 Å². The summed E-state index contributed by atoms with van der Waals surface area (Å²) in [5.74, 6) is 0. The molecule has 0 unspecified atom stereocenters. The molecule has 2 rings (SSSR count). The van der Waals surface area contributed by atoms with Crippen molar-refractivity contribution in [3.63, 3.8) is 0 Å². The molecule has 25 heavy (non-hydrogen) atoms. The van der Waals surface area contributed by atoms with Gasteiger partial charge in [-0.2, -0.15) is 13.2 Å². The van der Waals surface area contributed by atoms with Crippen molar-refractivity contribution in [2.24, 2.45) is 0 Å². The van der Waals surface area contributed by atoms with Gasteiger partial charge in [-0.25, -0.2) is 0 Å². The van der Waals surface area contributed by atoms with Gasteiger partial charge in [0.05, 0.1) is 10.5 Å². The van der Waals surface area contributed by atoms with Crippen LogP contribution in [0.2, 0.25) is 0 Å². The monoisotopic (exact) mass is 353 g/mol. The second-order valence-corrected chi connectivity index (χ2v) is 5.33. The number of nitrogens with zero attached hydrogens (tertiary/aromatic N) is 2. The number of nitrogens with one attached hydrogen (secondary N) is 1. The number of rotatable bonds is 6. The summed E-state index contributed by atoms with van der Waals surface area (Å²) in [4.78, 5) is 12.4. The molecule has 0 aromatic heterocycles. The Morgan fingerprint density at radius 2 is 1.68 bits per heavy atom. The van der Waals surface area contributed by atoms with Crippen molar-refractivity contribution in [3.05, 3.63) is 58.1 Å². The van der Waals surface area contributed by atoms with Crippen LogP contribution in [0.4, 0.5) is 35.9 Å². The van der Waals surface area contributed by atoms with E-state index in [9.17, 15) is 23.3 Å². The highest BCUT2D eigenvalue weighted by atomic mass is 19.4. The summed E-state index contributed by atoms with van der Waals surface area (Å²) >= 11 is 0. The lowest BCUT2D eigenvalue weighted by Crippen LogP contribution is -2.21. The number of halogens is 3. The Hall–Kier alpha value is -2.77.